The Labute approximate surface area is 103 Å². The molecule has 1 heterocycles. The van der Waals surface area contributed by atoms with Crippen LogP contribution in [0.3, 0.4) is 0 Å². The fourth-order valence-corrected chi connectivity index (χ4v) is 1.96. The van der Waals surface area contributed by atoms with Crippen LogP contribution in [0, 0.1) is 5.92 Å². The van der Waals surface area contributed by atoms with Crippen molar-refractivity contribution in [3.05, 3.63) is 0 Å². The number of rotatable bonds is 3. The molecule has 0 unspecified atom stereocenters. The van der Waals surface area contributed by atoms with E-state index in [1.54, 1.807) is 20.8 Å². The summed E-state index contributed by atoms with van der Waals surface area (Å²) in [5.41, 5.74) is -0.543. The standard InChI is InChI=1S/C13H23NO3/c1-5-6-7-10-8-11(15)14(9-10)12(16)17-13(2,3)4/h10H,5-9H2,1-4H3/t10-/m1/s1. The Morgan fingerprint density at radius 2 is 2.12 bits per heavy atom. The molecule has 2 amide bonds. The zero-order chi connectivity index (χ0) is 13.1. The van der Waals surface area contributed by atoms with Gasteiger partial charge in [0.2, 0.25) is 5.91 Å². The van der Waals surface area contributed by atoms with E-state index in [0.717, 1.165) is 19.3 Å². The maximum atomic E-state index is 11.8. The molecule has 0 aliphatic carbocycles. The van der Waals surface area contributed by atoms with Gasteiger partial charge in [-0.2, -0.15) is 0 Å². The molecule has 4 heteroatoms. The van der Waals surface area contributed by atoms with Gasteiger partial charge in [0, 0.05) is 13.0 Å². The van der Waals surface area contributed by atoms with Crippen molar-refractivity contribution >= 4 is 12.0 Å². The molecule has 1 aliphatic heterocycles. The lowest BCUT2D eigenvalue weighted by atomic mass is 10.0. The Kier molecular flexibility index (Phi) is 4.54. The largest absolute Gasteiger partial charge is 0.443 e. The predicted octanol–water partition coefficient (Wildman–Crippen LogP) is 2.96. The second-order valence-electron chi connectivity index (χ2n) is 5.70. The van der Waals surface area contributed by atoms with Gasteiger partial charge in [0.25, 0.3) is 0 Å². The van der Waals surface area contributed by atoms with Gasteiger partial charge < -0.3 is 4.74 Å². The maximum absolute atomic E-state index is 11.8. The molecule has 1 aliphatic rings. The van der Waals surface area contributed by atoms with Gasteiger partial charge in [-0.1, -0.05) is 19.8 Å². The molecule has 0 spiro atoms. The summed E-state index contributed by atoms with van der Waals surface area (Å²) in [6.07, 6.45) is 3.24. The van der Waals surface area contributed by atoms with Crippen LogP contribution in [0.1, 0.15) is 53.4 Å². The normalized spacial score (nSPS) is 20.8. The van der Waals surface area contributed by atoms with Crippen LogP contribution in [0.25, 0.3) is 0 Å². The van der Waals surface area contributed by atoms with Crippen molar-refractivity contribution in [1.29, 1.82) is 0 Å². The molecule has 4 nitrogen and oxygen atoms in total. The van der Waals surface area contributed by atoms with Gasteiger partial charge >= 0.3 is 6.09 Å². The zero-order valence-corrected chi connectivity index (χ0v) is 11.3. The van der Waals surface area contributed by atoms with Crippen LogP contribution in [-0.4, -0.2) is 29.0 Å². The number of imide groups is 1. The van der Waals surface area contributed by atoms with E-state index in [0.29, 0.717) is 18.9 Å². The molecule has 0 saturated carbocycles. The molecule has 0 aromatic carbocycles. The van der Waals surface area contributed by atoms with Crippen LogP contribution in [0.5, 0.6) is 0 Å². The second kappa shape index (κ2) is 5.52. The molecule has 0 aromatic heterocycles. The first kappa shape index (κ1) is 14.0. The van der Waals surface area contributed by atoms with Gasteiger partial charge in [0.05, 0.1) is 0 Å². The highest BCUT2D eigenvalue weighted by molar-refractivity contribution is 5.93. The van der Waals surface area contributed by atoms with Gasteiger partial charge in [-0.3, -0.25) is 4.79 Å². The van der Waals surface area contributed by atoms with E-state index < -0.39 is 11.7 Å². The lowest BCUT2D eigenvalue weighted by Crippen LogP contribution is -2.37. The number of carbonyl (C=O) groups is 2. The van der Waals surface area contributed by atoms with E-state index in [9.17, 15) is 9.59 Å². The third kappa shape index (κ3) is 4.36. The van der Waals surface area contributed by atoms with Crippen molar-refractivity contribution in [3.63, 3.8) is 0 Å². The maximum Gasteiger partial charge on any atom is 0.417 e. The first-order chi connectivity index (χ1) is 7.83. The van der Waals surface area contributed by atoms with Crippen LogP contribution < -0.4 is 0 Å². The quantitative estimate of drug-likeness (QED) is 0.763. The number of likely N-dealkylation sites (tertiary alicyclic amines) is 1. The Bertz CT molecular complexity index is 294. The average Bonchev–Trinajstić information content (AvgIpc) is 2.54. The third-order valence-corrected chi connectivity index (χ3v) is 2.78. The minimum atomic E-state index is -0.543. The molecule has 1 rings (SSSR count). The van der Waals surface area contributed by atoms with E-state index in [-0.39, 0.29) is 5.91 Å². The highest BCUT2D eigenvalue weighted by Gasteiger charge is 2.35. The topological polar surface area (TPSA) is 46.6 Å². The number of carbonyl (C=O) groups excluding carboxylic acids is 2. The monoisotopic (exact) mass is 241 g/mol. The molecule has 0 radical (unpaired) electrons. The van der Waals surface area contributed by atoms with Crippen LogP contribution in [0.2, 0.25) is 0 Å². The smallest absolute Gasteiger partial charge is 0.417 e. The van der Waals surface area contributed by atoms with Gasteiger partial charge in [-0.15, -0.1) is 0 Å². The minimum absolute atomic E-state index is 0.0969. The molecule has 1 fully saturated rings. The van der Waals surface area contributed by atoms with Crippen LogP contribution >= 0.6 is 0 Å². The summed E-state index contributed by atoms with van der Waals surface area (Å²) >= 11 is 0. The summed E-state index contributed by atoms with van der Waals surface area (Å²) < 4.78 is 5.21. The summed E-state index contributed by atoms with van der Waals surface area (Å²) in [4.78, 5) is 24.7. The highest BCUT2D eigenvalue weighted by Crippen LogP contribution is 2.24. The number of hydrogen-bond donors (Lipinski definition) is 0. The third-order valence-electron chi connectivity index (χ3n) is 2.78. The first-order valence-electron chi connectivity index (χ1n) is 6.37. The van der Waals surface area contributed by atoms with E-state index in [1.807, 2.05) is 0 Å². The summed E-state index contributed by atoms with van der Waals surface area (Å²) in [6, 6.07) is 0. The molecular formula is C13H23NO3. The van der Waals surface area contributed by atoms with Crippen LogP contribution in [0.15, 0.2) is 0 Å². The second-order valence-corrected chi connectivity index (χ2v) is 5.70. The summed E-state index contributed by atoms with van der Waals surface area (Å²) in [6.45, 7) is 8.07. The number of nitrogens with zero attached hydrogens (tertiary/aromatic N) is 1. The Morgan fingerprint density at radius 3 is 2.65 bits per heavy atom. The molecule has 0 aromatic rings. The van der Waals surface area contributed by atoms with Crippen molar-refractivity contribution in [2.24, 2.45) is 5.92 Å². The highest BCUT2D eigenvalue weighted by atomic mass is 16.6. The molecule has 17 heavy (non-hydrogen) atoms. The van der Waals surface area contributed by atoms with Crippen molar-refractivity contribution in [3.8, 4) is 0 Å². The van der Waals surface area contributed by atoms with E-state index in [1.165, 1.54) is 4.90 Å². The Morgan fingerprint density at radius 1 is 1.47 bits per heavy atom. The van der Waals surface area contributed by atoms with Crippen molar-refractivity contribution in [2.45, 2.75) is 59.0 Å². The van der Waals surface area contributed by atoms with Crippen molar-refractivity contribution < 1.29 is 14.3 Å². The van der Waals surface area contributed by atoms with E-state index in [2.05, 4.69) is 6.92 Å². The number of amides is 2. The van der Waals surface area contributed by atoms with Crippen LogP contribution in [-0.2, 0) is 9.53 Å². The molecule has 1 atom stereocenters. The van der Waals surface area contributed by atoms with Crippen LogP contribution in [0.4, 0.5) is 4.79 Å². The Balaban J connectivity index is 2.50. The Hall–Kier alpha value is -1.06. The SMILES string of the molecule is CCCC[C@@H]1CC(=O)N(C(=O)OC(C)(C)C)C1. The van der Waals surface area contributed by atoms with Crippen molar-refractivity contribution in [2.75, 3.05) is 6.54 Å². The summed E-state index contributed by atoms with van der Waals surface area (Å²) in [7, 11) is 0. The van der Waals surface area contributed by atoms with Crippen molar-refractivity contribution in [1.82, 2.24) is 4.90 Å². The molecule has 0 N–H and O–H groups in total. The predicted molar refractivity (Wildman–Crippen MR) is 65.6 cm³/mol. The molecule has 0 bridgehead atoms. The first-order valence-corrected chi connectivity index (χ1v) is 6.37. The average molecular weight is 241 g/mol. The molecule has 1 saturated heterocycles. The van der Waals surface area contributed by atoms with E-state index >= 15 is 0 Å². The minimum Gasteiger partial charge on any atom is -0.443 e. The molecular weight excluding hydrogens is 218 g/mol. The van der Waals surface area contributed by atoms with Gasteiger partial charge in [0.1, 0.15) is 5.60 Å². The fraction of sp³-hybridized carbons (Fsp3) is 0.846. The van der Waals surface area contributed by atoms with Gasteiger partial charge in [-0.25, -0.2) is 9.69 Å². The lowest BCUT2D eigenvalue weighted by molar-refractivity contribution is -0.127. The fourth-order valence-electron chi connectivity index (χ4n) is 1.96. The number of unbranched alkanes of at least 4 members (excludes halogenated alkanes) is 1. The number of ether oxygens (including phenoxy) is 1. The summed E-state index contributed by atoms with van der Waals surface area (Å²) in [5.74, 6) is 0.218. The van der Waals surface area contributed by atoms with Gasteiger partial charge in [0.15, 0.2) is 0 Å². The lowest BCUT2D eigenvalue weighted by Gasteiger charge is -2.23. The molecule has 98 valence electrons. The van der Waals surface area contributed by atoms with E-state index in [4.69, 9.17) is 4.74 Å². The number of hydrogen-bond acceptors (Lipinski definition) is 3. The summed E-state index contributed by atoms with van der Waals surface area (Å²) in [5, 5.41) is 0. The van der Waals surface area contributed by atoms with Gasteiger partial charge in [-0.05, 0) is 33.1 Å². The zero-order valence-electron chi connectivity index (χ0n) is 11.3.